The first-order chi connectivity index (χ1) is 12.5. The summed E-state index contributed by atoms with van der Waals surface area (Å²) in [6.45, 7) is -0.387. The number of hydrogen-bond donors (Lipinski definition) is 3. The molecule has 0 aliphatic carbocycles. The Morgan fingerprint density at radius 3 is 2.54 bits per heavy atom. The number of benzene rings is 2. The van der Waals surface area contributed by atoms with Gasteiger partial charge in [-0.15, -0.1) is 0 Å². The molecule has 0 saturated carbocycles. The van der Waals surface area contributed by atoms with Gasteiger partial charge in [0, 0.05) is 22.3 Å². The molecule has 2 aromatic rings. The second-order valence-corrected chi connectivity index (χ2v) is 6.18. The van der Waals surface area contributed by atoms with Gasteiger partial charge in [0.15, 0.2) is 0 Å². The highest BCUT2D eigenvalue weighted by Crippen LogP contribution is 2.32. The minimum Gasteiger partial charge on any atom is -0.395 e. The van der Waals surface area contributed by atoms with Crippen molar-refractivity contribution in [3.05, 3.63) is 76.5 Å². The minimum absolute atomic E-state index is 0.0622. The summed E-state index contributed by atoms with van der Waals surface area (Å²) >= 11 is 6.06. The van der Waals surface area contributed by atoms with Crippen LogP contribution in [0.1, 0.15) is 17.2 Å². The number of carbonyl (C=O) groups excluding carboxylic acids is 2. The summed E-state index contributed by atoms with van der Waals surface area (Å²) in [7, 11) is 0. The molecule has 2 amide bonds. The maximum Gasteiger partial charge on any atom is 0.277 e. The molecule has 0 bridgehead atoms. The van der Waals surface area contributed by atoms with Gasteiger partial charge in [-0.2, -0.15) is 0 Å². The zero-order valence-corrected chi connectivity index (χ0v) is 14.5. The highest BCUT2D eigenvalue weighted by molar-refractivity contribution is 6.31. The van der Waals surface area contributed by atoms with E-state index in [1.807, 2.05) is 18.2 Å². The first kappa shape index (κ1) is 18.1. The number of halogens is 1. The largest absolute Gasteiger partial charge is 0.395 e. The molecule has 3 N–H and O–H groups in total. The highest BCUT2D eigenvalue weighted by atomic mass is 35.5. The molecule has 1 aliphatic heterocycles. The summed E-state index contributed by atoms with van der Waals surface area (Å²) in [5, 5.41) is 23.0. The zero-order valence-electron chi connectivity index (χ0n) is 13.7. The molecule has 3 rings (SSSR count). The lowest BCUT2D eigenvalue weighted by atomic mass is 10.00. The number of amides is 2. The number of rotatable bonds is 6. The monoisotopic (exact) mass is 372 g/mol. The smallest absolute Gasteiger partial charge is 0.277 e. The van der Waals surface area contributed by atoms with Crippen LogP contribution in [0.15, 0.2) is 60.3 Å². The number of nitrogens with one attached hydrogen (secondary N) is 1. The molecule has 6 nitrogen and oxygen atoms in total. The number of aliphatic hydroxyl groups is 2. The number of β-amino-alcohol motifs (C(OH)–C–C–N with tert-alkyl or cyclic N) is 1. The highest BCUT2D eigenvalue weighted by Gasteiger charge is 2.31. The fourth-order valence-electron chi connectivity index (χ4n) is 2.75. The third-order valence-corrected chi connectivity index (χ3v) is 4.26. The molecular weight excluding hydrogens is 356 g/mol. The van der Waals surface area contributed by atoms with Crippen molar-refractivity contribution in [3.63, 3.8) is 0 Å². The Balaban J connectivity index is 1.91. The van der Waals surface area contributed by atoms with Gasteiger partial charge in [0.05, 0.1) is 13.2 Å². The van der Waals surface area contributed by atoms with Crippen LogP contribution in [0, 0.1) is 0 Å². The van der Waals surface area contributed by atoms with Crippen molar-refractivity contribution in [1.29, 1.82) is 0 Å². The number of hydrogen-bond acceptors (Lipinski definition) is 5. The molecule has 26 heavy (non-hydrogen) atoms. The van der Waals surface area contributed by atoms with Crippen molar-refractivity contribution in [2.75, 3.05) is 18.5 Å². The van der Waals surface area contributed by atoms with E-state index in [4.69, 9.17) is 16.7 Å². The Morgan fingerprint density at radius 1 is 1.12 bits per heavy atom. The molecule has 1 aliphatic rings. The van der Waals surface area contributed by atoms with Crippen LogP contribution < -0.4 is 5.32 Å². The first-order valence-electron chi connectivity index (χ1n) is 7.99. The molecule has 1 heterocycles. The molecule has 0 fully saturated rings. The molecule has 1 unspecified atom stereocenters. The summed E-state index contributed by atoms with van der Waals surface area (Å²) in [6.07, 6.45) is 0.231. The number of anilines is 1. The van der Waals surface area contributed by atoms with E-state index in [1.165, 1.54) is 0 Å². The van der Waals surface area contributed by atoms with Crippen molar-refractivity contribution in [2.24, 2.45) is 0 Å². The predicted octanol–water partition coefficient (Wildman–Crippen LogP) is 2.08. The van der Waals surface area contributed by atoms with E-state index in [0.717, 1.165) is 11.0 Å². The molecule has 1 atom stereocenters. The van der Waals surface area contributed by atoms with Gasteiger partial charge in [-0.3, -0.25) is 14.5 Å². The Morgan fingerprint density at radius 2 is 1.85 bits per heavy atom. The Bertz CT molecular complexity index is 867. The van der Waals surface area contributed by atoms with Gasteiger partial charge in [0.2, 0.25) is 0 Å². The third kappa shape index (κ3) is 3.62. The van der Waals surface area contributed by atoms with Crippen molar-refractivity contribution in [2.45, 2.75) is 6.10 Å². The summed E-state index contributed by atoms with van der Waals surface area (Å²) in [5.41, 5.74) is 1.68. The lowest BCUT2D eigenvalue weighted by Crippen LogP contribution is -2.34. The standard InChI is InChI=1S/C19H17ClN2O4/c20-13-6-7-14(18(25)12-4-2-1-3-5-12)15(10-13)21-16-11-17(24)22(8-9-23)19(16)26/h1-7,10-11,18,21,23,25H,8-9H2. The van der Waals surface area contributed by atoms with Crippen molar-refractivity contribution < 1.29 is 19.8 Å². The van der Waals surface area contributed by atoms with Gasteiger partial charge in [0.1, 0.15) is 11.8 Å². The van der Waals surface area contributed by atoms with Crippen LogP contribution in [0.2, 0.25) is 5.02 Å². The average Bonchev–Trinajstić information content (AvgIpc) is 2.90. The fourth-order valence-corrected chi connectivity index (χ4v) is 2.92. The van der Waals surface area contributed by atoms with Gasteiger partial charge in [0.25, 0.3) is 11.8 Å². The molecule has 7 heteroatoms. The maximum atomic E-state index is 12.3. The Hall–Kier alpha value is -2.67. The van der Waals surface area contributed by atoms with Gasteiger partial charge in [-0.1, -0.05) is 48.0 Å². The van der Waals surface area contributed by atoms with Crippen LogP contribution in [-0.2, 0) is 9.59 Å². The lowest BCUT2D eigenvalue weighted by molar-refractivity contribution is -0.137. The summed E-state index contributed by atoms with van der Waals surface area (Å²) in [5.74, 6) is -1.04. The molecule has 0 spiro atoms. The SMILES string of the molecule is O=C1C=C(Nc2cc(Cl)ccc2C(O)c2ccccc2)C(=O)N1CCO. The van der Waals surface area contributed by atoms with Crippen LogP contribution in [0.3, 0.4) is 0 Å². The van der Waals surface area contributed by atoms with Gasteiger partial charge < -0.3 is 15.5 Å². The molecule has 2 aromatic carbocycles. The summed E-state index contributed by atoms with van der Waals surface area (Å²) in [6, 6.07) is 13.9. The van der Waals surface area contributed by atoms with Crippen molar-refractivity contribution >= 4 is 29.1 Å². The molecule has 0 radical (unpaired) electrons. The van der Waals surface area contributed by atoms with Crippen LogP contribution in [0.25, 0.3) is 0 Å². The van der Waals surface area contributed by atoms with E-state index in [0.29, 0.717) is 21.8 Å². The van der Waals surface area contributed by atoms with Gasteiger partial charge in [-0.05, 0) is 17.7 Å². The van der Waals surface area contributed by atoms with E-state index in [1.54, 1.807) is 30.3 Å². The quantitative estimate of drug-likeness (QED) is 0.675. The van der Waals surface area contributed by atoms with Crippen molar-refractivity contribution in [3.8, 4) is 0 Å². The average molecular weight is 373 g/mol. The second kappa shape index (κ2) is 7.70. The molecule has 0 aromatic heterocycles. The third-order valence-electron chi connectivity index (χ3n) is 4.03. The summed E-state index contributed by atoms with van der Waals surface area (Å²) < 4.78 is 0. The van der Waals surface area contributed by atoms with E-state index in [-0.39, 0.29) is 18.8 Å². The van der Waals surface area contributed by atoms with Gasteiger partial charge >= 0.3 is 0 Å². The molecule has 0 saturated heterocycles. The number of carbonyl (C=O) groups is 2. The van der Waals surface area contributed by atoms with Crippen LogP contribution in [0.5, 0.6) is 0 Å². The zero-order chi connectivity index (χ0) is 18.7. The lowest BCUT2D eigenvalue weighted by Gasteiger charge is -2.18. The topological polar surface area (TPSA) is 89.9 Å². The second-order valence-electron chi connectivity index (χ2n) is 5.75. The van der Waals surface area contributed by atoms with Crippen molar-refractivity contribution in [1.82, 2.24) is 4.90 Å². The first-order valence-corrected chi connectivity index (χ1v) is 8.37. The fraction of sp³-hybridized carbons (Fsp3) is 0.158. The van der Waals surface area contributed by atoms with E-state index >= 15 is 0 Å². The van der Waals surface area contributed by atoms with E-state index in [9.17, 15) is 14.7 Å². The Labute approximate surface area is 155 Å². The molecule has 134 valence electrons. The Kier molecular flexibility index (Phi) is 5.37. The van der Waals surface area contributed by atoms with Crippen LogP contribution in [-0.4, -0.2) is 40.1 Å². The van der Waals surface area contributed by atoms with Crippen LogP contribution >= 0.6 is 11.6 Å². The summed E-state index contributed by atoms with van der Waals surface area (Å²) in [4.78, 5) is 25.1. The van der Waals surface area contributed by atoms with E-state index < -0.39 is 17.9 Å². The predicted molar refractivity (Wildman–Crippen MR) is 97.5 cm³/mol. The van der Waals surface area contributed by atoms with E-state index in [2.05, 4.69) is 5.32 Å². The normalized spacial score (nSPS) is 15.2. The van der Waals surface area contributed by atoms with Crippen LogP contribution in [0.4, 0.5) is 5.69 Å². The number of nitrogens with zero attached hydrogens (tertiary/aromatic N) is 1. The number of aliphatic hydroxyl groups excluding tert-OH is 2. The maximum absolute atomic E-state index is 12.3. The number of imide groups is 1. The van der Waals surface area contributed by atoms with Gasteiger partial charge in [-0.25, -0.2) is 0 Å². The minimum atomic E-state index is -0.933. The molecular formula is C19H17ClN2O4.